The highest BCUT2D eigenvalue weighted by Crippen LogP contribution is 2.31. The van der Waals surface area contributed by atoms with Crippen LogP contribution in [0, 0.1) is 60.7 Å². The minimum Gasteiger partial charge on any atom is -0.306 e. The largest absolute Gasteiger partial charge is 0.680 e. The quantitative estimate of drug-likeness (QED) is 0.0976. The summed E-state index contributed by atoms with van der Waals surface area (Å²) in [6, 6.07) is 0. The fourth-order valence-corrected chi connectivity index (χ4v) is 2.18. The molecule has 0 saturated heterocycles. The molecule has 0 bridgehead atoms. The maximum absolute atomic E-state index is 14.5. The third-order valence-corrected chi connectivity index (χ3v) is 3.98. The Morgan fingerprint density at radius 1 is 0.711 bits per heavy atom. The lowest BCUT2D eigenvalue weighted by atomic mass is 10.3. The van der Waals surface area contributed by atoms with E-state index in [1.165, 1.54) is 0 Å². The van der Waals surface area contributed by atoms with Crippen molar-refractivity contribution in [3.63, 3.8) is 0 Å². The first-order valence-corrected chi connectivity index (χ1v) is 8.25. The summed E-state index contributed by atoms with van der Waals surface area (Å²) in [4.78, 5) is 62.8. The average Bonchev–Trinajstić information content (AvgIpc) is 3.21. The van der Waals surface area contributed by atoms with Crippen molar-refractivity contribution in [3.8, 4) is 0 Å². The van der Waals surface area contributed by atoms with Crippen molar-refractivity contribution < 1.29 is 60.7 Å². The summed E-state index contributed by atoms with van der Waals surface area (Å²) in [6.45, 7) is -5.83. The molecular formula is C9H4F6N10O13. The fraction of sp³-hybridized carbons (Fsp3) is 0.667. The Hall–Kier alpha value is -5.41. The van der Waals surface area contributed by atoms with Gasteiger partial charge in [0, 0.05) is 0 Å². The molecule has 38 heavy (non-hydrogen) atoms. The number of hydrogen-bond acceptors (Lipinski definition) is 16. The predicted octanol–water partition coefficient (Wildman–Crippen LogP) is -0.726. The molecule has 1 aromatic heterocycles. The number of alkyl halides is 6. The van der Waals surface area contributed by atoms with Gasteiger partial charge in [-0.1, -0.05) is 13.2 Å². The van der Waals surface area contributed by atoms with Crippen LogP contribution in [0.25, 0.3) is 0 Å². The van der Waals surface area contributed by atoms with Crippen molar-refractivity contribution >= 4 is 11.9 Å². The molecule has 23 nitrogen and oxygen atoms in total. The first kappa shape index (κ1) is 30.6. The molecule has 0 aromatic carbocycles. The summed E-state index contributed by atoms with van der Waals surface area (Å²) in [6.07, 6.45) is -6.26. The minimum absolute atomic E-state index is 1.20. The molecule has 0 radical (unpaired) electrons. The first-order valence-electron chi connectivity index (χ1n) is 8.25. The highest BCUT2D eigenvalue weighted by Gasteiger charge is 2.68. The molecule has 0 N–H and O–H groups in total. The van der Waals surface area contributed by atoms with Crippen LogP contribution in [0.2, 0.25) is 0 Å². The van der Waals surface area contributed by atoms with E-state index in [9.17, 15) is 91.8 Å². The molecule has 1 aromatic rings. The second-order valence-electron chi connectivity index (χ2n) is 6.37. The smallest absolute Gasteiger partial charge is 0.306 e. The predicted molar refractivity (Wildman–Crippen MR) is 91.3 cm³/mol. The Bertz CT molecular complexity index is 1150. The van der Waals surface area contributed by atoms with E-state index in [0.29, 0.717) is 0 Å². The molecule has 29 heteroatoms. The molecule has 0 amide bonds. The number of rotatable bonds is 12. The SMILES string of the molecule is O=C(n1nc(C(F)([N+](=O)[O-])[N+](=O)[O-])nc1N(CC(F)([N+](=O)[O-])[N+](=O)[O-])CC(F)([N+](=O)[O-])[N+](=O)[O-])C(F)(F)F. The highest BCUT2D eigenvalue weighted by molar-refractivity contribution is 5.85. The van der Waals surface area contributed by atoms with Gasteiger partial charge in [0.25, 0.3) is 0 Å². The van der Waals surface area contributed by atoms with Crippen LogP contribution in [0.15, 0.2) is 0 Å². The number of carbonyl (C=O) groups excluding carboxylic acids is 1. The van der Waals surface area contributed by atoms with Gasteiger partial charge in [0.05, 0.1) is 0 Å². The molecule has 0 unspecified atom stereocenters. The number of nitro groups is 6. The zero-order valence-electron chi connectivity index (χ0n) is 17.0. The molecule has 1 heterocycles. The van der Waals surface area contributed by atoms with Crippen LogP contribution in [0.1, 0.15) is 10.6 Å². The van der Waals surface area contributed by atoms with Gasteiger partial charge in [0.1, 0.15) is 29.5 Å². The number of anilines is 1. The Morgan fingerprint density at radius 3 is 1.32 bits per heavy atom. The Kier molecular flexibility index (Phi) is 7.71. The zero-order chi connectivity index (χ0) is 30.2. The van der Waals surface area contributed by atoms with Gasteiger partial charge in [-0.25, -0.2) is 0 Å². The molecule has 210 valence electrons. The molecule has 0 spiro atoms. The van der Waals surface area contributed by atoms with Crippen LogP contribution < -0.4 is 4.90 Å². The Morgan fingerprint density at radius 2 is 1.05 bits per heavy atom. The Balaban J connectivity index is 4.19. The number of hydrogen-bond donors (Lipinski definition) is 0. The topological polar surface area (TPSA) is 310 Å². The van der Waals surface area contributed by atoms with Crippen molar-refractivity contribution in [1.29, 1.82) is 0 Å². The van der Waals surface area contributed by atoms with Crippen LogP contribution in [0.4, 0.5) is 32.3 Å². The molecular weight excluding hydrogens is 570 g/mol. The van der Waals surface area contributed by atoms with E-state index in [1.807, 2.05) is 0 Å². The van der Waals surface area contributed by atoms with Crippen LogP contribution in [-0.4, -0.2) is 81.3 Å². The number of halogens is 6. The van der Waals surface area contributed by atoms with Crippen molar-refractivity contribution in [3.05, 3.63) is 66.5 Å². The van der Waals surface area contributed by atoms with Gasteiger partial charge >= 0.3 is 35.7 Å². The summed E-state index contributed by atoms with van der Waals surface area (Å²) in [5, 5.41) is 67.3. The number of nitrogens with zero attached hydrogens (tertiary/aromatic N) is 10. The zero-order valence-corrected chi connectivity index (χ0v) is 17.0. The summed E-state index contributed by atoms with van der Waals surface area (Å²) in [5.74, 6) is -24.7. The minimum atomic E-state index is -6.26. The summed E-state index contributed by atoms with van der Waals surface area (Å²) < 4.78 is 80.8. The van der Waals surface area contributed by atoms with Crippen LogP contribution in [0.5, 0.6) is 0 Å². The van der Waals surface area contributed by atoms with Gasteiger partial charge in [0.15, 0.2) is 0 Å². The van der Waals surface area contributed by atoms with Crippen molar-refractivity contribution in [2.45, 2.75) is 23.9 Å². The first-order chi connectivity index (χ1) is 17.0. The van der Waals surface area contributed by atoms with E-state index in [1.54, 1.807) is 0 Å². The normalized spacial score (nSPS) is 12.5. The maximum Gasteiger partial charge on any atom is 0.680 e. The van der Waals surface area contributed by atoms with Crippen molar-refractivity contribution in [2.75, 3.05) is 18.0 Å². The van der Waals surface area contributed by atoms with E-state index in [2.05, 4.69) is 10.1 Å². The second-order valence-corrected chi connectivity index (χ2v) is 6.37. The third kappa shape index (κ3) is 5.08. The lowest BCUT2D eigenvalue weighted by molar-refractivity contribution is -0.847. The molecule has 0 fully saturated rings. The molecule has 0 saturated carbocycles. The van der Waals surface area contributed by atoms with Crippen LogP contribution >= 0.6 is 0 Å². The summed E-state index contributed by atoms with van der Waals surface area (Å²) >= 11 is 0. The van der Waals surface area contributed by atoms with E-state index in [4.69, 9.17) is 0 Å². The monoisotopic (exact) mass is 574 g/mol. The van der Waals surface area contributed by atoms with Crippen molar-refractivity contribution in [2.24, 2.45) is 0 Å². The summed E-state index contributed by atoms with van der Waals surface area (Å²) in [5.41, 5.74) is 0. The molecule has 0 aliphatic rings. The van der Waals surface area contributed by atoms with E-state index >= 15 is 0 Å². The summed E-state index contributed by atoms with van der Waals surface area (Å²) in [7, 11) is 0. The van der Waals surface area contributed by atoms with Gasteiger partial charge in [0.2, 0.25) is 19.0 Å². The van der Waals surface area contributed by atoms with Crippen LogP contribution in [-0.2, 0) is 5.92 Å². The molecule has 0 atom stereocenters. The van der Waals surface area contributed by atoms with E-state index < -0.39 is 93.8 Å². The van der Waals surface area contributed by atoms with Gasteiger partial charge in [-0.3, -0.25) is 65.5 Å². The van der Waals surface area contributed by atoms with Gasteiger partial charge in [-0.15, -0.1) is 5.10 Å². The van der Waals surface area contributed by atoms with Gasteiger partial charge < -0.3 is 4.90 Å². The molecule has 0 aliphatic heterocycles. The average molecular weight is 574 g/mol. The van der Waals surface area contributed by atoms with Gasteiger partial charge in [-0.2, -0.15) is 22.8 Å². The highest BCUT2D eigenvalue weighted by atomic mass is 19.4. The van der Waals surface area contributed by atoms with E-state index in [0.717, 1.165) is 0 Å². The molecule has 1 rings (SSSR count). The van der Waals surface area contributed by atoms with E-state index in [-0.39, 0.29) is 0 Å². The maximum atomic E-state index is 14.5. The third-order valence-electron chi connectivity index (χ3n) is 3.98. The van der Waals surface area contributed by atoms with Crippen LogP contribution in [0.3, 0.4) is 0 Å². The lowest BCUT2D eigenvalue weighted by Crippen LogP contribution is -2.58. The molecule has 0 aliphatic carbocycles. The van der Waals surface area contributed by atoms with Crippen molar-refractivity contribution in [1.82, 2.24) is 14.8 Å². The van der Waals surface area contributed by atoms with Gasteiger partial charge in [-0.05, 0) is 0 Å². The number of carbonyl (C=O) groups is 1. The Labute approximate surface area is 197 Å². The second kappa shape index (κ2) is 9.57. The lowest BCUT2D eigenvalue weighted by Gasteiger charge is -2.23. The number of aromatic nitrogens is 3. The fourth-order valence-electron chi connectivity index (χ4n) is 2.18. The standard InChI is InChI=1S/C9H4F6N10O13/c10-6(20(27)28,21(29)30)1-18(2-7(11,22(31)32)23(33)34)5-16-3(9(15,24(35)36)25(37)38)17-19(5)4(26)8(12,13)14/h1-2H2.